The van der Waals surface area contributed by atoms with E-state index in [9.17, 15) is 5.11 Å². The third kappa shape index (κ3) is 3.81. The first kappa shape index (κ1) is 14.5. The smallest absolute Gasteiger partial charge is 0.119 e. The highest BCUT2D eigenvalue weighted by atomic mass is 16.5. The summed E-state index contributed by atoms with van der Waals surface area (Å²) in [7, 11) is 0. The average Bonchev–Trinajstić information content (AvgIpc) is 2.88. The van der Waals surface area contributed by atoms with Crippen molar-refractivity contribution in [3.8, 4) is 5.75 Å². The molecule has 108 valence electrons. The van der Waals surface area contributed by atoms with Crippen molar-refractivity contribution in [3.05, 3.63) is 41.7 Å². The maximum absolute atomic E-state index is 9.32. The Balaban J connectivity index is 1.95. The Morgan fingerprint density at radius 3 is 2.75 bits per heavy atom. The van der Waals surface area contributed by atoms with Crippen LogP contribution in [0.3, 0.4) is 0 Å². The zero-order valence-corrected chi connectivity index (χ0v) is 11.8. The van der Waals surface area contributed by atoms with Gasteiger partial charge in [0.15, 0.2) is 0 Å². The number of para-hydroxylation sites is 1. The molecule has 0 fully saturated rings. The largest absolute Gasteiger partial charge is 0.493 e. The quantitative estimate of drug-likeness (QED) is 0.802. The van der Waals surface area contributed by atoms with E-state index >= 15 is 0 Å². The van der Waals surface area contributed by atoms with Crippen LogP contribution in [0.1, 0.15) is 31.2 Å². The van der Waals surface area contributed by atoms with Crippen LogP contribution in [-0.2, 0) is 19.6 Å². The fraction of sp³-hybridized carbons (Fsp3) is 0.467. The highest BCUT2D eigenvalue weighted by molar-refractivity contribution is 5.21. The molecular formula is C15H21N3O2. The van der Waals surface area contributed by atoms with E-state index in [1.807, 2.05) is 35.0 Å². The van der Waals surface area contributed by atoms with Crippen LogP contribution in [0.15, 0.2) is 30.3 Å². The van der Waals surface area contributed by atoms with Crippen LogP contribution in [0.2, 0.25) is 0 Å². The number of aryl methyl sites for hydroxylation is 1. The van der Waals surface area contributed by atoms with Gasteiger partial charge in [-0.2, -0.15) is 0 Å². The van der Waals surface area contributed by atoms with Crippen molar-refractivity contribution in [2.45, 2.75) is 39.3 Å². The summed E-state index contributed by atoms with van der Waals surface area (Å²) in [6.07, 6.45) is 2.86. The summed E-state index contributed by atoms with van der Waals surface area (Å²) in [6, 6.07) is 9.71. The van der Waals surface area contributed by atoms with Crippen molar-refractivity contribution in [1.82, 2.24) is 15.0 Å². The molecule has 0 atom stereocenters. The van der Waals surface area contributed by atoms with Gasteiger partial charge in [-0.05, 0) is 18.6 Å². The molecule has 0 unspecified atom stereocenters. The Morgan fingerprint density at radius 2 is 2.05 bits per heavy atom. The van der Waals surface area contributed by atoms with Gasteiger partial charge in [0.25, 0.3) is 0 Å². The molecule has 0 saturated heterocycles. The number of hydrogen-bond acceptors (Lipinski definition) is 4. The number of rotatable bonds is 8. The molecule has 0 radical (unpaired) electrons. The molecule has 5 nitrogen and oxygen atoms in total. The average molecular weight is 275 g/mol. The summed E-state index contributed by atoms with van der Waals surface area (Å²) in [4.78, 5) is 0. The molecule has 5 heteroatoms. The van der Waals surface area contributed by atoms with Crippen molar-refractivity contribution >= 4 is 0 Å². The maximum Gasteiger partial charge on any atom is 0.119 e. The minimum atomic E-state index is -0.0766. The summed E-state index contributed by atoms with van der Waals surface area (Å²) in [6.45, 7) is 3.45. The summed E-state index contributed by atoms with van der Waals surface area (Å²) < 4.78 is 7.57. The van der Waals surface area contributed by atoms with E-state index in [2.05, 4.69) is 17.2 Å². The van der Waals surface area contributed by atoms with Crippen molar-refractivity contribution in [2.24, 2.45) is 0 Å². The van der Waals surface area contributed by atoms with Gasteiger partial charge in [0.2, 0.25) is 0 Å². The summed E-state index contributed by atoms with van der Waals surface area (Å²) in [5.41, 5.74) is 1.62. The second-order valence-electron chi connectivity index (χ2n) is 4.63. The molecule has 0 bridgehead atoms. The minimum absolute atomic E-state index is 0.0766. The first-order valence-electron chi connectivity index (χ1n) is 7.05. The molecule has 2 rings (SSSR count). The minimum Gasteiger partial charge on any atom is -0.493 e. The molecule has 1 aromatic heterocycles. The van der Waals surface area contributed by atoms with Crippen molar-refractivity contribution < 1.29 is 9.84 Å². The SMILES string of the molecule is CCCCn1nnc(CO)c1CCOc1ccccc1. The van der Waals surface area contributed by atoms with Crippen molar-refractivity contribution in [3.63, 3.8) is 0 Å². The van der Waals surface area contributed by atoms with E-state index in [4.69, 9.17) is 4.74 Å². The van der Waals surface area contributed by atoms with E-state index < -0.39 is 0 Å². The van der Waals surface area contributed by atoms with E-state index in [1.165, 1.54) is 0 Å². The topological polar surface area (TPSA) is 60.2 Å². The molecule has 1 aromatic carbocycles. The zero-order valence-electron chi connectivity index (χ0n) is 11.8. The van der Waals surface area contributed by atoms with E-state index in [-0.39, 0.29) is 6.61 Å². The van der Waals surface area contributed by atoms with Crippen LogP contribution < -0.4 is 4.74 Å². The number of hydrogen-bond donors (Lipinski definition) is 1. The van der Waals surface area contributed by atoms with Gasteiger partial charge in [0.05, 0.1) is 18.9 Å². The van der Waals surface area contributed by atoms with Crippen LogP contribution in [0.25, 0.3) is 0 Å². The second-order valence-corrected chi connectivity index (χ2v) is 4.63. The Labute approximate surface area is 119 Å². The fourth-order valence-corrected chi connectivity index (χ4v) is 2.03. The van der Waals surface area contributed by atoms with E-state index in [0.717, 1.165) is 30.8 Å². The third-order valence-electron chi connectivity index (χ3n) is 3.14. The van der Waals surface area contributed by atoms with Gasteiger partial charge in [-0.15, -0.1) is 5.10 Å². The number of aliphatic hydroxyl groups excluding tert-OH is 1. The van der Waals surface area contributed by atoms with Crippen LogP contribution in [-0.4, -0.2) is 26.7 Å². The molecule has 0 saturated carbocycles. The van der Waals surface area contributed by atoms with Gasteiger partial charge in [0, 0.05) is 13.0 Å². The molecule has 2 aromatic rings. The Morgan fingerprint density at radius 1 is 1.25 bits per heavy atom. The predicted molar refractivity (Wildman–Crippen MR) is 76.5 cm³/mol. The van der Waals surface area contributed by atoms with E-state index in [1.54, 1.807) is 0 Å². The van der Waals surface area contributed by atoms with E-state index in [0.29, 0.717) is 18.7 Å². The zero-order chi connectivity index (χ0) is 14.2. The number of aromatic nitrogens is 3. The maximum atomic E-state index is 9.32. The van der Waals surface area contributed by atoms with Crippen LogP contribution in [0.4, 0.5) is 0 Å². The molecule has 0 aliphatic rings. The van der Waals surface area contributed by atoms with Crippen LogP contribution >= 0.6 is 0 Å². The van der Waals surface area contributed by atoms with Crippen LogP contribution in [0, 0.1) is 0 Å². The highest BCUT2D eigenvalue weighted by Gasteiger charge is 2.11. The predicted octanol–water partition coefficient (Wildman–Crippen LogP) is 2.19. The number of benzene rings is 1. The molecule has 0 amide bonds. The fourth-order valence-electron chi connectivity index (χ4n) is 2.03. The van der Waals surface area contributed by atoms with Gasteiger partial charge in [0.1, 0.15) is 11.4 Å². The Kier molecular flexibility index (Phi) is 5.55. The van der Waals surface area contributed by atoms with Crippen molar-refractivity contribution in [1.29, 1.82) is 0 Å². The lowest BCUT2D eigenvalue weighted by atomic mass is 10.2. The number of aliphatic hydroxyl groups is 1. The first-order chi connectivity index (χ1) is 9.85. The third-order valence-corrected chi connectivity index (χ3v) is 3.14. The molecular weight excluding hydrogens is 254 g/mol. The Bertz CT molecular complexity index is 511. The van der Waals surface area contributed by atoms with Gasteiger partial charge in [-0.3, -0.25) is 0 Å². The first-order valence-corrected chi connectivity index (χ1v) is 7.05. The van der Waals surface area contributed by atoms with Crippen LogP contribution in [0.5, 0.6) is 5.75 Å². The number of ether oxygens (including phenoxy) is 1. The lowest BCUT2D eigenvalue weighted by Gasteiger charge is -2.08. The molecule has 0 aliphatic heterocycles. The molecule has 1 N–H and O–H groups in total. The summed E-state index contributed by atoms with van der Waals surface area (Å²) >= 11 is 0. The molecule has 20 heavy (non-hydrogen) atoms. The standard InChI is InChI=1S/C15H21N3O2/c1-2-3-10-18-15(14(12-19)16-17-18)9-11-20-13-7-5-4-6-8-13/h4-8,19H,2-3,9-12H2,1H3. The van der Waals surface area contributed by atoms with Crippen molar-refractivity contribution in [2.75, 3.05) is 6.61 Å². The summed E-state index contributed by atoms with van der Waals surface area (Å²) in [5.74, 6) is 0.852. The monoisotopic (exact) mass is 275 g/mol. The lowest BCUT2D eigenvalue weighted by Crippen LogP contribution is -2.11. The molecule has 0 aliphatic carbocycles. The lowest BCUT2D eigenvalue weighted by molar-refractivity contribution is 0.273. The number of unbranched alkanes of at least 4 members (excludes halogenated alkanes) is 1. The van der Waals surface area contributed by atoms with Gasteiger partial charge < -0.3 is 9.84 Å². The number of nitrogens with zero attached hydrogens (tertiary/aromatic N) is 3. The normalized spacial score (nSPS) is 10.7. The van der Waals surface area contributed by atoms with Gasteiger partial charge in [-0.25, -0.2) is 4.68 Å². The summed E-state index contributed by atoms with van der Waals surface area (Å²) in [5, 5.41) is 17.4. The second kappa shape index (κ2) is 7.65. The van der Waals surface area contributed by atoms with Gasteiger partial charge >= 0.3 is 0 Å². The molecule has 0 spiro atoms. The molecule has 1 heterocycles. The highest BCUT2D eigenvalue weighted by Crippen LogP contribution is 2.11. The Hall–Kier alpha value is -1.88. The van der Waals surface area contributed by atoms with Gasteiger partial charge in [-0.1, -0.05) is 36.8 Å².